The zero-order chi connectivity index (χ0) is 45.5. The van der Waals surface area contributed by atoms with E-state index < -0.39 is 40.9 Å². The zero-order valence-electron chi connectivity index (χ0n) is 38.0. The van der Waals surface area contributed by atoms with Gasteiger partial charge in [0.05, 0.1) is 43.3 Å². The first-order valence-electron chi connectivity index (χ1n) is 21.0. The lowest BCUT2D eigenvalue weighted by Crippen LogP contribution is -2.44. The molecule has 0 saturated heterocycles. The number of carbonyl (C=O) groups is 4. The minimum Gasteiger partial charge on any atom is -0.462 e. The van der Waals surface area contributed by atoms with E-state index in [9.17, 15) is 19.2 Å². The van der Waals surface area contributed by atoms with Gasteiger partial charge in [-0.25, -0.2) is 14.4 Å². The fourth-order valence-corrected chi connectivity index (χ4v) is 11.8. The van der Waals surface area contributed by atoms with E-state index in [-0.39, 0.29) is 50.9 Å². The summed E-state index contributed by atoms with van der Waals surface area (Å²) in [6.45, 7) is 35.0. The van der Waals surface area contributed by atoms with Gasteiger partial charge < -0.3 is 23.7 Å². The van der Waals surface area contributed by atoms with Crippen LogP contribution in [0.4, 0.5) is 0 Å². The number of benzene rings is 2. The number of ketones is 1. The van der Waals surface area contributed by atoms with E-state index in [1.165, 1.54) is 30.1 Å². The Balaban J connectivity index is 0. The van der Waals surface area contributed by atoms with Gasteiger partial charge in [-0.3, -0.25) is 4.79 Å². The Morgan fingerprint density at radius 1 is 0.705 bits per heavy atom. The van der Waals surface area contributed by atoms with Gasteiger partial charge in [0.1, 0.15) is 6.61 Å². The summed E-state index contributed by atoms with van der Waals surface area (Å²) in [7, 11) is -2.10. The monoisotopic (exact) mass is 879 g/mol. The van der Waals surface area contributed by atoms with Crippen molar-refractivity contribution in [2.24, 2.45) is 5.92 Å². The lowest BCUT2D eigenvalue weighted by Gasteiger charge is -2.28. The summed E-state index contributed by atoms with van der Waals surface area (Å²) in [5.41, 5.74) is 1.40. The van der Waals surface area contributed by atoms with E-state index in [1.54, 1.807) is 39.0 Å². The van der Waals surface area contributed by atoms with Crippen LogP contribution in [0, 0.1) is 5.92 Å². The summed E-state index contributed by atoms with van der Waals surface area (Å²) >= 11 is 0. The van der Waals surface area contributed by atoms with Crippen molar-refractivity contribution in [3.05, 3.63) is 122 Å². The van der Waals surface area contributed by atoms with Gasteiger partial charge >= 0.3 is 17.9 Å². The third-order valence-corrected chi connectivity index (χ3v) is 17.1. The van der Waals surface area contributed by atoms with Crippen LogP contribution in [0.2, 0.25) is 31.2 Å². The molecule has 2 aromatic rings. The highest BCUT2D eigenvalue weighted by molar-refractivity contribution is 6.90. The highest BCUT2D eigenvalue weighted by Crippen LogP contribution is 2.20. The number of Topliss-reactive ketones (excluding diaryl/α,β-unsaturated/α-hetero) is 1. The quantitative estimate of drug-likeness (QED) is 0.0216. The van der Waals surface area contributed by atoms with E-state index in [2.05, 4.69) is 120 Å². The number of ether oxygens (including phenoxy) is 5. The first kappa shape index (κ1) is 58.7. The summed E-state index contributed by atoms with van der Waals surface area (Å²) in [4.78, 5) is 46.4. The van der Waals surface area contributed by atoms with Gasteiger partial charge in [-0.15, -0.1) is 6.58 Å². The molecule has 61 heavy (non-hydrogen) atoms. The molecule has 0 fully saturated rings. The van der Waals surface area contributed by atoms with Crippen molar-refractivity contribution in [2.45, 2.75) is 112 Å². The molecule has 0 spiro atoms. The van der Waals surface area contributed by atoms with Crippen molar-refractivity contribution in [1.29, 1.82) is 0 Å². The van der Waals surface area contributed by atoms with Crippen LogP contribution >= 0.6 is 0 Å². The first-order chi connectivity index (χ1) is 28.4. The molecule has 0 heterocycles. The standard InChI is InChI=1S/C24H36O5Si.C15H22O4.C10H16Si.CH4/c1-7-15-30(6,22-12-9-8-10-13-22)16-11-14-27-17-21(29-24(26)20(4)5)18-28-23(25)19(2)3;1-6-7-18-9-13(8-14(16)11(2)3)10-19-15(17)12(4)5;1-3-9-11(2)10-7-5-4-6-8-10;/h8-10,12-13,21H,2,4,7,11,14-18H2,1,3,5-6H3;6,13H,1-2,4,7-10H2,3,5H3;4-8,11H,3,9H2,1-2H3;1H4. The van der Waals surface area contributed by atoms with Crippen LogP contribution in [0.1, 0.15) is 74.7 Å². The second-order valence-electron chi connectivity index (χ2n) is 15.6. The number of rotatable bonds is 27. The molecular weight excluding hydrogens is 801 g/mol. The van der Waals surface area contributed by atoms with Crippen LogP contribution in [-0.4, -0.2) is 86.3 Å². The number of carbonyl (C=O) groups excluding carboxylic acids is 4. The summed E-state index contributed by atoms with van der Waals surface area (Å²) in [6, 6.07) is 25.5. The van der Waals surface area contributed by atoms with Crippen LogP contribution < -0.4 is 10.4 Å². The normalized spacial score (nSPS) is 12.7. The van der Waals surface area contributed by atoms with Gasteiger partial charge in [0.25, 0.3) is 0 Å². The maximum atomic E-state index is 11.9. The first-order valence-corrected chi connectivity index (χ1v) is 26.5. The number of hydrogen-bond donors (Lipinski definition) is 0. The third-order valence-electron chi connectivity index (χ3n) is 9.39. The summed E-state index contributed by atoms with van der Waals surface area (Å²) < 4.78 is 26.6. The van der Waals surface area contributed by atoms with Crippen molar-refractivity contribution in [3.63, 3.8) is 0 Å². The Labute approximate surface area is 371 Å². The largest absolute Gasteiger partial charge is 0.462 e. The lowest BCUT2D eigenvalue weighted by molar-refractivity contribution is -0.157. The average Bonchev–Trinajstić information content (AvgIpc) is 3.22. The second kappa shape index (κ2) is 34.2. The Morgan fingerprint density at radius 3 is 1.74 bits per heavy atom. The molecule has 340 valence electrons. The number of allylic oxidation sites excluding steroid dienone is 1. The van der Waals surface area contributed by atoms with Gasteiger partial charge in [-0.1, -0.05) is 169 Å². The molecule has 0 bridgehead atoms. The van der Waals surface area contributed by atoms with Crippen molar-refractivity contribution < 1.29 is 42.9 Å². The summed E-state index contributed by atoms with van der Waals surface area (Å²) in [5, 5.41) is 3.08. The maximum absolute atomic E-state index is 11.9. The van der Waals surface area contributed by atoms with Gasteiger partial charge in [0.15, 0.2) is 11.9 Å². The van der Waals surface area contributed by atoms with Crippen molar-refractivity contribution in [2.75, 3.05) is 39.6 Å². The SMILES string of the molecule is C.C=C(C)C(=O)OCC(COCCC[Si](C)(CCC)c1ccccc1)OC(=O)C(=C)C.C=CCOCC(COC(=O)C(=C)C)CC(=O)C(=C)C.CCC[SiH](C)c1ccccc1. The van der Waals surface area contributed by atoms with E-state index in [4.69, 9.17) is 23.7 Å². The number of hydrogen-bond acceptors (Lipinski definition) is 9. The van der Waals surface area contributed by atoms with Crippen molar-refractivity contribution >= 4 is 50.9 Å². The molecule has 2 aromatic carbocycles. The number of esters is 3. The topological polar surface area (TPSA) is 114 Å². The Hall–Kier alpha value is -4.43. The molecule has 0 aliphatic carbocycles. The van der Waals surface area contributed by atoms with Crippen LogP contribution in [0.5, 0.6) is 0 Å². The average molecular weight is 879 g/mol. The Morgan fingerprint density at radius 2 is 1.25 bits per heavy atom. The predicted octanol–water partition coefficient (Wildman–Crippen LogP) is 9.65. The highest BCUT2D eigenvalue weighted by atomic mass is 28.3. The van der Waals surface area contributed by atoms with E-state index in [1.807, 2.05) is 0 Å². The summed E-state index contributed by atoms with van der Waals surface area (Å²) in [5.74, 6) is -1.75. The Bertz CT molecular complexity index is 1640. The zero-order valence-corrected chi connectivity index (χ0v) is 40.1. The molecule has 0 radical (unpaired) electrons. The Kier molecular flexibility index (Phi) is 32.9. The molecule has 0 amide bonds. The van der Waals surface area contributed by atoms with Gasteiger partial charge in [-0.2, -0.15) is 0 Å². The highest BCUT2D eigenvalue weighted by Gasteiger charge is 2.28. The third kappa shape index (κ3) is 27.2. The molecule has 9 nitrogen and oxygen atoms in total. The van der Waals surface area contributed by atoms with Crippen molar-refractivity contribution in [3.8, 4) is 0 Å². The predicted molar refractivity (Wildman–Crippen MR) is 259 cm³/mol. The van der Waals surface area contributed by atoms with E-state index >= 15 is 0 Å². The fourth-order valence-electron chi connectivity index (χ4n) is 5.86. The van der Waals surface area contributed by atoms with E-state index in [0.717, 1.165) is 12.5 Å². The molecule has 0 saturated carbocycles. The van der Waals surface area contributed by atoms with Crippen LogP contribution in [0.25, 0.3) is 0 Å². The molecule has 0 aliphatic rings. The second-order valence-corrected chi connectivity index (χ2v) is 23.4. The molecule has 2 rings (SSSR count). The van der Waals surface area contributed by atoms with Gasteiger partial charge in [0.2, 0.25) is 0 Å². The smallest absolute Gasteiger partial charge is 0.333 e. The fraction of sp³-hybridized carbons (Fsp3) is 0.480. The van der Waals surface area contributed by atoms with Gasteiger partial charge in [0, 0.05) is 35.7 Å². The summed E-state index contributed by atoms with van der Waals surface area (Å²) in [6.07, 6.45) is 4.64. The minimum atomic E-state index is -1.54. The molecular formula is C50H78O9Si2. The van der Waals surface area contributed by atoms with E-state index in [0.29, 0.717) is 36.5 Å². The minimum absolute atomic E-state index is 0. The van der Waals surface area contributed by atoms with Crippen molar-refractivity contribution in [1.82, 2.24) is 0 Å². The molecule has 4 unspecified atom stereocenters. The molecule has 0 N–H and O–H groups in total. The lowest BCUT2D eigenvalue weighted by atomic mass is 10.0. The molecule has 4 atom stereocenters. The molecule has 11 heteroatoms. The molecule has 0 aliphatic heterocycles. The van der Waals surface area contributed by atoms with Crippen LogP contribution in [-0.2, 0) is 42.9 Å². The van der Waals surface area contributed by atoms with Crippen LogP contribution in [0.15, 0.2) is 122 Å². The van der Waals surface area contributed by atoms with Crippen LogP contribution in [0.3, 0.4) is 0 Å². The van der Waals surface area contributed by atoms with Gasteiger partial charge in [-0.05, 0) is 39.7 Å². The molecule has 0 aromatic heterocycles. The maximum Gasteiger partial charge on any atom is 0.333 e.